The Balaban J connectivity index is 1.74. The van der Waals surface area contributed by atoms with Crippen molar-refractivity contribution in [1.82, 2.24) is 0 Å². The van der Waals surface area contributed by atoms with Crippen LogP contribution in [0, 0.1) is 11.6 Å². The predicted molar refractivity (Wildman–Crippen MR) is 80.5 cm³/mol. The van der Waals surface area contributed by atoms with E-state index in [0.29, 0.717) is 5.75 Å². The van der Waals surface area contributed by atoms with Crippen molar-refractivity contribution in [3.63, 3.8) is 0 Å². The van der Waals surface area contributed by atoms with E-state index in [2.05, 4.69) is 0 Å². The summed E-state index contributed by atoms with van der Waals surface area (Å²) in [6, 6.07) is 10.6. The van der Waals surface area contributed by atoms with Gasteiger partial charge in [-0.15, -0.1) is 0 Å². The minimum absolute atomic E-state index is 0.0434. The molecule has 0 amide bonds. The van der Waals surface area contributed by atoms with Crippen molar-refractivity contribution in [2.24, 2.45) is 0 Å². The highest BCUT2D eigenvalue weighted by Crippen LogP contribution is 2.18. The highest BCUT2D eigenvalue weighted by Gasteiger charge is 2.09. The molecule has 2 aromatic rings. The van der Waals surface area contributed by atoms with Gasteiger partial charge in [0.2, 0.25) is 0 Å². The van der Waals surface area contributed by atoms with Gasteiger partial charge in [-0.05, 0) is 18.2 Å². The Morgan fingerprint density at radius 1 is 1.04 bits per heavy atom. The number of para-hydroxylation sites is 1. The molecule has 1 N–H and O–H groups in total. The van der Waals surface area contributed by atoms with Gasteiger partial charge in [-0.25, -0.2) is 8.78 Å². The van der Waals surface area contributed by atoms with E-state index in [1.165, 1.54) is 6.07 Å². The molecule has 0 aliphatic heterocycles. The topological polar surface area (TPSA) is 47.9 Å². The van der Waals surface area contributed by atoms with Crippen LogP contribution in [0.3, 0.4) is 0 Å². The molecule has 2 aromatic carbocycles. The molecule has 0 spiro atoms. The van der Waals surface area contributed by atoms with E-state index in [0.717, 1.165) is 17.7 Å². The van der Waals surface area contributed by atoms with E-state index in [1.807, 2.05) is 24.3 Å². The first kappa shape index (κ1) is 17.2. The van der Waals surface area contributed by atoms with E-state index in [4.69, 9.17) is 14.2 Å². The highest BCUT2D eigenvalue weighted by atomic mass is 19.2. The van der Waals surface area contributed by atoms with E-state index < -0.39 is 17.7 Å². The minimum Gasteiger partial charge on any atom is -0.496 e. The smallest absolute Gasteiger partial charge is 0.162 e. The Bertz CT molecular complexity index is 634. The van der Waals surface area contributed by atoms with Crippen LogP contribution in [0.1, 0.15) is 5.56 Å². The summed E-state index contributed by atoms with van der Waals surface area (Å²) in [7, 11) is 1.57. The first-order chi connectivity index (χ1) is 11.1. The van der Waals surface area contributed by atoms with Crippen molar-refractivity contribution in [3.8, 4) is 11.5 Å². The molecule has 124 valence electrons. The Kier molecular flexibility index (Phi) is 6.31. The minimum atomic E-state index is -0.996. The van der Waals surface area contributed by atoms with E-state index in [1.54, 1.807) is 7.11 Å². The molecule has 2 rings (SSSR count). The summed E-state index contributed by atoms with van der Waals surface area (Å²) >= 11 is 0. The molecule has 0 heterocycles. The van der Waals surface area contributed by atoms with Crippen LogP contribution in [0.5, 0.6) is 11.5 Å². The molecule has 0 radical (unpaired) electrons. The van der Waals surface area contributed by atoms with E-state index in [-0.39, 0.29) is 25.6 Å². The molecule has 23 heavy (non-hydrogen) atoms. The van der Waals surface area contributed by atoms with Crippen LogP contribution in [0.25, 0.3) is 0 Å². The summed E-state index contributed by atoms with van der Waals surface area (Å²) in [6.07, 6.45) is -0.891. The third-order valence-electron chi connectivity index (χ3n) is 3.09. The largest absolute Gasteiger partial charge is 0.496 e. The number of benzene rings is 2. The van der Waals surface area contributed by atoms with Crippen molar-refractivity contribution >= 4 is 0 Å². The molecule has 1 atom stereocenters. The molecule has 0 saturated heterocycles. The number of ether oxygens (including phenoxy) is 3. The number of hydrogen-bond donors (Lipinski definition) is 1. The fraction of sp³-hybridized carbons (Fsp3) is 0.294. The summed E-state index contributed by atoms with van der Waals surface area (Å²) in [5, 5.41) is 9.79. The lowest BCUT2D eigenvalue weighted by molar-refractivity contribution is 0.00496. The van der Waals surface area contributed by atoms with Gasteiger partial charge >= 0.3 is 0 Å². The van der Waals surface area contributed by atoms with Gasteiger partial charge in [0.25, 0.3) is 0 Å². The molecule has 0 bridgehead atoms. The monoisotopic (exact) mass is 324 g/mol. The Labute approximate surface area is 133 Å². The van der Waals surface area contributed by atoms with Gasteiger partial charge in [0.05, 0.1) is 20.3 Å². The molecular weight excluding hydrogens is 306 g/mol. The zero-order valence-electron chi connectivity index (χ0n) is 12.7. The second kappa shape index (κ2) is 8.45. The summed E-state index contributed by atoms with van der Waals surface area (Å²) < 4.78 is 41.6. The third kappa shape index (κ3) is 5.19. The van der Waals surface area contributed by atoms with Crippen LogP contribution in [0.2, 0.25) is 0 Å². The average Bonchev–Trinajstić information content (AvgIpc) is 2.56. The van der Waals surface area contributed by atoms with Crippen LogP contribution in [-0.2, 0) is 11.3 Å². The molecule has 1 unspecified atom stereocenters. The lowest BCUT2D eigenvalue weighted by atomic mass is 10.2. The van der Waals surface area contributed by atoms with Crippen molar-refractivity contribution in [1.29, 1.82) is 0 Å². The van der Waals surface area contributed by atoms with Crippen LogP contribution in [-0.4, -0.2) is 31.5 Å². The van der Waals surface area contributed by atoms with Gasteiger partial charge in [0.1, 0.15) is 24.2 Å². The highest BCUT2D eigenvalue weighted by molar-refractivity contribution is 5.32. The van der Waals surface area contributed by atoms with Crippen molar-refractivity contribution < 1.29 is 28.1 Å². The van der Waals surface area contributed by atoms with Crippen LogP contribution < -0.4 is 9.47 Å². The van der Waals surface area contributed by atoms with Gasteiger partial charge < -0.3 is 19.3 Å². The molecule has 6 heteroatoms. The van der Waals surface area contributed by atoms with Crippen LogP contribution in [0.15, 0.2) is 42.5 Å². The van der Waals surface area contributed by atoms with Gasteiger partial charge in [0, 0.05) is 11.6 Å². The summed E-state index contributed by atoms with van der Waals surface area (Å²) in [4.78, 5) is 0. The van der Waals surface area contributed by atoms with Gasteiger partial charge in [-0.2, -0.15) is 0 Å². The third-order valence-corrected chi connectivity index (χ3v) is 3.09. The maximum Gasteiger partial charge on any atom is 0.162 e. The molecular formula is C17H18F2O4. The Morgan fingerprint density at radius 2 is 1.83 bits per heavy atom. The maximum atomic E-state index is 13.0. The number of hydrogen-bond acceptors (Lipinski definition) is 4. The maximum absolute atomic E-state index is 13.0. The number of rotatable bonds is 8. The number of aliphatic hydroxyl groups excluding tert-OH is 1. The quantitative estimate of drug-likeness (QED) is 0.811. The van der Waals surface area contributed by atoms with E-state index in [9.17, 15) is 13.9 Å². The lowest BCUT2D eigenvalue weighted by Crippen LogP contribution is -2.23. The average molecular weight is 324 g/mol. The zero-order chi connectivity index (χ0) is 16.7. The fourth-order valence-corrected chi connectivity index (χ4v) is 1.93. The molecule has 0 aromatic heterocycles. The van der Waals surface area contributed by atoms with Crippen molar-refractivity contribution in [2.45, 2.75) is 12.7 Å². The Hall–Kier alpha value is -2.18. The summed E-state index contributed by atoms with van der Waals surface area (Å²) in [5.74, 6) is -1.09. The second-order valence-corrected chi connectivity index (χ2v) is 4.87. The SMILES string of the molecule is COc1ccccc1COCC(O)COc1ccc(F)c(F)c1. The molecule has 0 aliphatic rings. The number of aliphatic hydroxyl groups is 1. The molecule has 4 nitrogen and oxygen atoms in total. The van der Waals surface area contributed by atoms with Crippen molar-refractivity contribution in [3.05, 3.63) is 59.7 Å². The number of halogens is 2. The summed E-state index contributed by atoms with van der Waals surface area (Å²) in [5.41, 5.74) is 0.865. The normalized spacial score (nSPS) is 12.0. The van der Waals surface area contributed by atoms with Gasteiger partial charge in [0.15, 0.2) is 11.6 Å². The van der Waals surface area contributed by atoms with Crippen LogP contribution in [0.4, 0.5) is 8.78 Å². The van der Waals surface area contributed by atoms with E-state index >= 15 is 0 Å². The molecule has 0 aliphatic carbocycles. The fourth-order valence-electron chi connectivity index (χ4n) is 1.93. The van der Waals surface area contributed by atoms with Crippen molar-refractivity contribution in [2.75, 3.05) is 20.3 Å². The first-order valence-corrected chi connectivity index (χ1v) is 7.05. The van der Waals surface area contributed by atoms with Gasteiger partial charge in [-0.3, -0.25) is 0 Å². The van der Waals surface area contributed by atoms with Gasteiger partial charge in [-0.1, -0.05) is 18.2 Å². The standard InChI is InChI=1S/C17H18F2O4/c1-21-17-5-3-2-4-12(17)9-22-10-13(20)11-23-14-6-7-15(18)16(19)8-14/h2-8,13,20H,9-11H2,1H3. The number of methoxy groups -OCH3 is 1. The predicted octanol–water partition coefficient (Wildman–Crippen LogP) is 2.93. The lowest BCUT2D eigenvalue weighted by Gasteiger charge is -2.14. The first-order valence-electron chi connectivity index (χ1n) is 7.05. The molecule has 0 fully saturated rings. The summed E-state index contributed by atoms with van der Waals surface area (Å²) in [6.45, 7) is 0.241. The second-order valence-electron chi connectivity index (χ2n) is 4.87. The zero-order valence-corrected chi connectivity index (χ0v) is 12.7. The Morgan fingerprint density at radius 3 is 2.57 bits per heavy atom. The van der Waals surface area contributed by atoms with Crippen LogP contribution >= 0.6 is 0 Å². The molecule has 0 saturated carbocycles.